The van der Waals surface area contributed by atoms with E-state index in [1.54, 1.807) is 24.3 Å². The molecule has 2 aromatic carbocycles. The van der Waals surface area contributed by atoms with Crippen LogP contribution in [0.25, 0.3) is 0 Å². The Hall–Kier alpha value is -3.75. The van der Waals surface area contributed by atoms with Gasteiger partial charge in [0.1, 0.15) is 19.0 Å². The maximum atomic E-state index is 13.5. The normalized spacial score (nSPS) is 14.1. The number of rotatable bonds is 14. The Morgan fingerprint density at radius 2 is 1.75 bits per heavy atom. The largest absolute Gasteiger partial charge is 0.490 e. The van der Waals surface area contributed by atoms with Crippen molar-refractivity contribution in [3.63, 3.8) is 0 Å². The first kappa shape index (κ1) is 30.8. The Kier molecular flexibility index (Phi) is 10.8. The van der Waals surface area contributed by atoms with Crippen molar-refractivity contribution in [2.75, 3.05) is 40.1 Å². The van der Waals surface area contributed by atoms with E-state index in [9.17, 15) is 28.2 Å². The second-order valence-corrected chi connectivity index (χ2v) is 11.4. The molecule has 3 rings (SSSR count). The molecular weight excluding hydrogens is 546 g/mol. The molecule has 0 radical (unpaired) electrons. The number of amides is 2. The lowest BCUT2D eigenvalue weighted by molar-refractivity contribution is 0.0980. The van der Waals surface area contributed by atoms with Gasteiger partial charge in [0.15, 0.2) is 11.5 Å². The molecule has 0 saturated carbocycles. The highest BCUT2D eigenvalue weighted by molar-refractivity contribution is 7.89. The Labute approximate surface area is 233 Å². The van der Waals surface area contributed by atoms with Crippen LogP contribution in [0.1, 0.15) is 19.4 Å². The zero-order valence-corrected chi connectivity index (χ0v) is 23.3. The number of nitrogens with zero attached hydrogens (tertiary/aromatic N) is 1. The third-order valence-electron chi connectivity index (χ3n) is 5.88. The average Bonchev–Trinajstić information content (AvgIpc) is 3.38. The van der Waals surface area contributed by atoms with Crippen LogP contribution in [0.4, 0.5) is 9.59 Å². The van der Waals surface area contributed by atoms with E-state index >= 15 is 0 Å². The number of fused-ring (bicyclic) bond motifs is 1. The molecular formula is C26H35N3O10S. The van der Waals surface area contributed by atoms with Gasteiger partial charge in [-0.2, -0.15) is 4.31 Å². The first-order valence-electron chi connectivity index (χ1n) is 12.6. The summed E-state index contributed by atoms with van der Waals surface area (Å²) in [6, 6.07) is 10.0. The molecule has 0 aliphatic carbocycles. The Morgan fingerprint density at radius 1 is 1.05 bits per heavy atom. The number of hydrogen-bond acceptors (Lipinski definition) is 9. The number of alkyl carbamates (subject to hydrolysis) is 1. The van der Waals surface area contributed by atoms with Gasteiger partial charge >= 0.3 is 12.2 Å². The summed E-state index contributed by atoms with van der Waals surface area (Å²) in [5.74, 6) is 1.18. The highest BCUT2D eigenvalue weighted by Crippen LogP contribution is 2.35. The summed E-state index contributed by atoms with van der Waals surface area (Å²) < 4.78 is 49.2. The van der Waals surface area contributed by atoms with Gasteiger partial charge in [-0.15, -0.1) is 0 Å². The van der Waals surface area contributed by atoms with Gasteiger partial charge in [0.05, 0.1) is 17.0 Å². The molecule has 0 aromatic heterocycles. The maximum absolute atomic E-state index is 13.5. The zero-order valence-electron chi connectivity index (χ0n) is 22.5. The van der Waals surface area contributed by atoms with Crippen LogP contribution in [0.15, 0.2) is 47.4 Å². The van der Waals surface area contributed by atoms with Crippen molar-refractivity contribution in [2.45, 2.75) is 37.3 Å². The Morgan fingerprint density at radius 3 is 2.40 bits per heavy atom. The number of carbonyl (C=O) groups is 2. The summed E-state index contributed by atoms with van der Waals surface area (Å²) in [5.41, 5.74) is 0.681. The summed E-state index contributed by atoms with van der Waals surface area (Å²) in [5, 5.41) is 25.1. The van der Waals surface area contributed by atoms with Crippen LogP contribution in [0.5, 0.6) is 17.2 Å². The molecule has 2 aromatic rings. The minimum Gasteiger partial charge on any atom is -0.490 e. The summed E-state index contributed by atoms with van der Waals surface area (Å²) >= 11 is 0. The SMILES string of the molecule is CNC(=O)OCCOc1ccc(C[C@H](NC(=O)O)[C@@H](O)CN(CC(C)C)S(=O)(=O)c2ccc3c(c2)OCO3)cc1. The van der Waals surface area contributed by atoms with E-state index in [1.165, 1.54) is 25.2 Å². The van der Waals surface area contributed by atoms with Crippen molar-refractivity contribution in [3.8, 4) is 17.2 Å². The predicted molar refractivity (Wildman–Crippen MR) is 143 cm³/mol. The van der Waals surface area contributed by atoms with E-state index in [2.05, 4.69) is 10.6 Å². The molecule has 2 amide bonds. The summed E-state index contributed by atoms with van der Waals surface area (Å²) in [7, 11) is -2.61. The predicted octanol–water partition coefficient (Wildman–Crippen LogP) is 2.04. The van der Waals surface area contributed by atoms with Gasteiger partial charge in [0.25, 0.3) is 0 Å². The molecule has 4 N–H and O–H groups in total. The van der Waals surface area contributed by atoms with Crippen LogP contribution in [0, 0.1) is 5.92 Å². The number of aliphatic hydroxyl groups excluding tert-OH is 1. The fourth-order valence-corrected chi connectivity index (χ4v) is 5.62. The number of aliphatic hydroxyl groups is 1. The Balaban J connectivity index is 1.70. The van der Waals surface area contributed by atoms with Gasteiger partial charge < -0.3 is 39.8 Å². The van der Waals surface area contributed by atoms with Crippen molar-refractivity contribution in [1.82, 2.24) is 14.9 Å². The van der Waals surface area contributed by atoms with Gasteiger partial charge in [0.2, 0.25) is 16.8 Å². The molecule has 0 unspecified atom stereocenters. The molecule has 0 bridgehead atoms. The van der Waals surface area contributed by atoms with E-state index < -0.39 is 34.4 Å². The molecule has 0 fully saturated rings. The van der Waals surface area contributed by atoms with Crippen LogP contribution < -0.4 is 24.8 Å². The third kappa shape index (κ3) is 8.63. The van der Waals surface area contributed by atoms with Gasteiger partial charge in [-0.05, 0) is 42.2 Å². The highest BCUT2D eigenvalue weighted by atomic mass is 32.2. The second kappa shape index (κ2) is 14.1. The molecule has 0 saturated heterocycles. The first-order valence-corrected chi connectivity index (χ1v) is 14.1. The van der Waals surface area contributed by atoms with Crippen LogP contribution >= 0.6 is 0 Å². The molecule has 1 aliphatic rings. The van der Waals surface area contributed by atoms with E-state index in [4.69, 9.17) is 18.9 Å². The van der Waals surface area contributed by atoms with E-state index in [-0.39, 0.29) is 50.3 Å². The quantitative estimate of drug-likeness (QED) is 0.242. The number of sulfonamides is 1. The lowest BCUT2D eigenvalue weighted by Gasteiger charge is -2.30. The highest BCUT2D eigenvalue weighted by Gasteiger charge is 2.32. The number of benzene rings is 2. The number of hydrogen-bond donors (Lipinski definition) is 4. The van der Waals surface area contributed by atoms with Gasteiger partial charge in [-0.3, -0.25) is 0 Å². The lowest BCUT2D eigenvalue weighted by atomic mass is 10.0. The first-order chi connectivity index (χ1) is 19.0. The van der Waals surface area contributed by atoms with Crippen molar-refractivity contribution >= 4 is 22.2 Å². The standard InChI is InChI=1S/C26H35N3O10S/c1-17(2)14-29(40(34,35)20-8-9-23-24(13-20)39-16-38-23)15-22(30)21(28-25(31)32)12-18-4-6-19(7-5-18)36-10-11-37-26(33)27-3/h4-9,13,17,21-22,28,30H,10-12,14-16H2,1-3H3,(H,27,33)(H,31,32)/t21-,22-/m0/s1. The van der Waals surface area contributed by atoms with Gasteiger partial charge in [-0.25, -0.2) is 18.0 Å². The lowest BCUT2D eigenvalue weighted by Crippen LogP contribution is -2.50. The number of nitrogens with one attached hydrogen (secondary N) is 2. The van der Waals surface area contributed by atoms with Crippen molar-refractivity contribution < 1.29 is 47.2 Å². The van der Waals surface area contributed by atoms with Crippen molar-refractivity contribution in [3.05, 3.63) is 48.0 Å². The fourth-order valence-electron chi connectivity index (χ4n) is 3.98. The summed E-state index contributed by atoms with van der Waals surface area (Å²) in [6.07, 6.45) is -3.19. The van der Waals surface area contributed by atoms with E-state index in [0.29, 0.717) is 22.8 Å². The Bertz CT molecular complexity index is 1250. The van der Waals surface area contributed by atoms with Crippen LogP contribution in [-0.2, 0) is 21.2 Å². The maximum Gasteiger partial charge on any atom is 0.406 e. The number of ether oxygens (including phenoxy) is 4. The average molecular weight is 582 g/mol. The molecule has 40 heavy (non-hydrogen) atoms. The molecule has 1 heterocycles. The minimum absolute atomic E-state index is 0.00496. The third-order valence-corrected chi connectivity index (χ3v) is 7.71. The summed E-state index contributed by atoms with van der Waals surface area (Å²) in [4.78, 5) is 22.6. The number of carbonyl (C=O) groups excluding carboxylic acids is 1. The smallest absolute Gasteiger partial charge is 0.406 e. The van der Waals surface area contributed by atoms with E-state index in [0.717, 1.165) is 4.31 Å². The van der Waals surface area contributed by atoms with Crippen molar-refractivity contribution in [2.24, 2.45) is 5.92 Å². The van der Waals surface area contributed by atoms with Crippen LogP contribution in [0.3, 0.4) is 0 Å². The molecule has 2 atom stereocenters. The number of carboxylic acid groups (broad SMARTS) is 1. The molecule has 13 nitrogen and oxygen atoms in total. The molecule has 1 aliphatic heterocycles. The summed E-state index contributed by atoms with van der Waals surface area (Å²) in [6.45, 7) is 3.63. The fraction of sp³-hybridized carbons (Fsp3) is 0.462. The van der Waals surface area contributed by atoms with E-state index in [1.807, 2.05) is 13.8 Å². The molecule has 220 valence electrons. The van der Waals surface area contributed by atoms with Gasteiger partial charge in [0, 0.05) is 26.2 Å². The molecule has 0 spiro atoms. The monoisotopic (exact) mass is 581 g/mol. The topological polar surface area (TPSA) is 173 Å². The molecule has 14 heteroatoms. The van der Waals surface area contributed by atoms with Crippen LogP contribution in [0.2, 0.25) is 0 Å². The minimum atomic E-state index is -4.06. The second-order valence-electron chi connectivity index (χ2n) is 9.44. The van der Waals surface area contributed by atoms with Crippen molar-refractivity contribution in [1.29, 1.82) is 0 Å². The van der Waals surface area contributed by atoms with Crippen LogP contribution in [-0.4, -0.2) is 87.4 Å². The van der Waals surface area contributed by atoms with Gasteiger partial charge in [-0.1, -0.05) is 26.0 Å². The zero-order chi connectivity index (χ0) is 29.3.